The van der Waals surface area contributed by atoms with Crippen LogP contribution in [0.2, 0.25) is 5.02 Å². The van der Waals surface area contributed by atoms with E-state index in [4.69, 9.17) is 17.3 Å². The van der Waals surface area contributed by atoms with Crippen molar-refractivity contribution in [1.29, 1.82) is 0 Å². The van der Waals surface area contributed by atoms with Crippen molar-refractivity contribution in [2.45, 2.75) is 11.8 Å². The highest BCUT2D eigenvalue weighted by atomic mass is 35.5. The van der Waals surface area contributed by atoms with Gasteiger partial charge in [-0.25, -0.2) is 8.42 Å². The maximum Gasteiger partial charge on any atom is 0.271 e. The van der Waals surface area contributed by atoms with Crippen LogP contribution in [0.5, 0.6) is 0 Å². The molecule has 0 bridgehead atoms. The molecule has 0 aliphatic rings. The Morgan fingerprint density at radius 2 is 1.88 bits per heavy atom. The van der Waals surface area contributed by atoms with Crippen molar-refractivity contribution < 1.29 is 23.1 Å². The third kappa shape index (κ3) is 3.84. The topological polar surface area (TPSA) is 118 Å². The molecule has 25 heavy (non-hydrogen) atoms. The first kappa shape index (κ1) is 19.4. The monoisotopic (exact) mass is 402 g/mol. The zero-order valence-corrected chi connectivity index (χ0v) is 15.4. The zero-order chi connectivity index (χ0) is 18.8. The first-order valence-electron chi connectivity index (χ1n) is 7.03. The second-order valence-corrected chi connectivity index (χ2v) is 8.27. The summed E-state index contributed by atoms with van der Waals surface area (Å²) in [5.74, 6) is -2.73. The molecule has 1 heterocycles. The molecule has 0 aliphatic heterocycles. The number of anilines is 1. The summed E-state index contributed by atoms with van der Waals surface area (Å²) in [6.07, 6.45) is 0. The number of nitrogens with two attached hydrogens (primary N) is 1. The van der Waals surface area contributed by atoms with E-state index in [-0.39, 0.29) is 15.5 Å². The minimum absolute atomic E-state index is 0.0963. The van der Waals surface area contributed by atoms with Crippen LogP contribution in [0.1, 0.15) is 17.3 Å². The highest BCUT2D eigenvalue weighted by Crippen LogP contribution is 2.33. The number of hydrogen-bond acceptors (Lipinski definition) is 6. The van der Waals surface area contributed by atoms with E-state index in [1.165, 1.54) is 42.6 Å². The number of benzene rings is 1. The highest BCUT2D eigenvalue weighted by Gasteiger charge is 2.36. The lowest BCUT2D eigenvalue weighted by molar-refractivity contribution is -0.121. The average molecular weight is 403 g/mol. The predicted molar refractivity (Wildman–Crippen MR) is 95.2 cm³/mol. The summed E-state index contributed by atoms with van der Waals surface area (Å²) >= 11 is 6.66. The largest absolute Gasteiger partial charge is 0.396 e. The molecule has 3 N–H and O–H groups in total. The van der Waals surface area contributed by atoms with Gasteiger partial charge >= 0.3 is 0 Å². The van der Waals surface area contributed by atoms with Crippen molar-refractivity contribution >= 4 is 49.8 Å². The fourth-order valence-electron chi connectivity index (χ4n) is 1.96. The van der Waals surface area contributed by atoms with Crippen molar-refractivity contribution in [3.8, 4) is 0 Å². The van der Waals surface area contributed by atoms with Gasteiger partial charge in [0, 0.05) is 5.02 Å². The van der Waals surface area contributed by atoms with Crippen molar-refractivity contribution in [2.75, 3.05) is 10.9 Å². The molecule has 0 saturated carbocycles. The van der Waals surface area contributed by atoms with Gasteiger partial charge in [-0.2, -0.15) is 4.31 Å². The number of carbonyl (C=O) groups is 2. The number of amides is 2. The van der Waals surface area contributed by atoms with Crippen LogP contribution in [0, 0.1) is 5.92 Å². The molecule has 0 fully saturated rings. The summed E-state index contributed by atoms with van der Waals surface area (Å²) < 4.78 is 26.5. The van der Waals surface area contributed by atoms with Crippen LogP contribution in [-0.2, 0) is 14.8 Å². The molecule has 2 rings (SSSR count). The Kier molecular flexibility index (Phi) is 5.83. The van der Waals surface area contributed by atoms with Gasteiger partial charge in [-0.05, 0) is 35.7 Å². The number of hydrogen-bond donors (Lipinski definition) is 2. The molecule has 1 aromatic heterocycles. The molecular weight excluding hydrogens is 388 g/mol. The second-order valence-electron chi connectivity index (χ2n) is 5.15. The summed E-state index contributed by atoms with van der Waals surface area (Å²) in [7, 11) is -4.33. The number of nitrogens with zero attached hydrogens (tertiary/aromatic N) is 1. The SMILES string of the molecule is CC(CO)C(=O)N(c1sccc1C(N)=O)S(=O)(=O)c1ccc(Cl)cc1. The van der Waals surface area contributed by atoms with Crippen LogP contribution < -0.4 is 10.0 Å². The van der Waals surface area contributed by atoms with Gasteiger partial charge in [-0.1, -0.05) is 18.5 Å². The first-order valence-corrected chi connectivity index (χ1v) is 9.72. The van der Waals surface area contributed by atoms with Gasteiger partial charge in [-0.3, -0.25) is 9.59 Å². The molecule has 2 amide bonds. The summed E-state index contributed by atoms with van der Waals surface area (Å²) in [6.45, 7) is 0.826. The van der Waals surface area contributed by atoms with E-state index in [2.05, 4.69) is 0 Å². The van der Waals surface area contributed by atoms with Crippen LogP contribution in [0.15, 0.2) is 40.6 Å². The van der Waals surface area contributed by atoms with Crippen LogP contribution >= 0.6 is 22.9 Å². The number of thiophene rings is 1. The van der Waals surface area contributed by atoms with Gasteiger partial charge in [0.15, 0.2) is 0 Å². The molecule has 134 valence electrons. The Morgan fingerprint density at radius 1 is 1.28 bits per heavy atom. The third-order valence-corrected chi connectivity index (χ3v) is 6.32. The molecule has 0 radical (unpaired) electrons. The Hall–Kier alpha value is -1.94. The van der Waals surface area contributed by atoms with Gasteiger partial charge in [0.2, 0.25) is 5.91 Å². The van der Waals surface area contributed by atoms with Crippen molar-refractivity contribution in [2.24, 2.45) is 11.7 Å². The lowest BCUT2D eigenvalue weighted by atomic mass is 10.2. The molecule has 1 aromatic carbocycles. The standard InChI is InChI=1S/C15H15ClN2O5S2/c1-9(8-19)14(21)18(15-12(13(17)20)6-7-24-15)25(22,23)11-4-2-10(16)3-5-11/h2-7,9,19H,8H2,1H3,(H2,17,20). The van der Waals surface area contributed by atoms with Crippen LogP contribution in [0.3, 0.4) is 0 Å². The summed E-state index contributed by atoms with van der Waals surface area (Å²) in [5.41, 5.74) is 5.18. The maximum absolute atomic E-state index is 13.0. The lowest BCUT2D eigenvalue weighted by Crippen LogP contribution is -2.41. The van der Waals surface area contributed by atoms with Crippen LogP contribution in [0.25, 0.3) is 0 Å². The van der Waals surface area contributed by atoms with Gasteiger partial charge in [0.1, 0.15) is 5.00 Å². The van der Waals surface area contributed by atoms with Crippen molar-refractivity contribution in [1.82, 2.24) is 0 Å². The first-order chi connectivity index (χ1) is 11.7. The second kappa shape index (κ2) is 7.52. The molecule has 0 saturated heterocycles. The Labute approximate surface area is 153 Å². The van der Waals surface area contributed by atoms with Crippen LogP contribution in [0.4, 0.5) is 5.00 Å². The number of aliphatic hydroxyl groups is 1. The van der Waals surface area contributed by atoms with E-state index < -0.39 is 34.4 Å². The van der Waals surface area contributed by atoms with E-state index in [1.54, 1.807) is 0 Å². The van der Waals surface area contributed by atoms with Crippen molar-refractivity contribution in [3.05, 3.63) is 46.3 Å². The van der Waals surface area contributed by atoms with Gasteiger partial charge in [0.05, 0.1) is 23.0 Å². The summed E-state index contributed by atoms with van der Waals surface area (Å²) in [6, 6.07) is 6.58. The molecular formula is C15H15ClN2O5S2. The summed E-state index contributed by atoms with van der Waals surface area (Å²) in [5, 5.41) is 10.9. The number of sulfonamides is 1. The fourth-order valence-corrected chi connectivity index (χ4v) is 4.75. The molecule has 0 aliphatic carbocycles. The van der Waals surface area contributed by atoms with Gasteiger partial charge < -0.3 is 10.8 Å². The van der Waals surface area contributed by atoms with Gasteiger partial charge in [-0.15, -0.1) is 11.3 Å². The fraction of sp³-hybridized carbons (Fsp3) is 0.200. The van der Waals surface area contributed by atoms with E-state index in [0.29, 0.717) is 9.33 Å². The molecule has 2 aromatic rings. The third-order valence-electron chi connectivity index (χ3n) is 3.34. The Bertz CT molecular complexity index is 893. The molecule has 7 nitrogen and oxygen atoms in total. The molecule has 1 unspecified atom stereocenters. The minimum Gasteiger partial charge on any atom is -0.396 e. The van der Waals surface area contributed by atoms with Crippen molar-refractivity contribution in [3.63, 3.8) is 0 Å². The Morgan fingerprint density at radius 3 is 2.40 bits per heavy atom. The van der Waals surface area contributed by atoms with E-state index in [1.807, 2.05) is 0 Å². The van der Waals surface area contributed by atoms with E-state index >= 15 is 0 Å². The average Bonchev–Trinajstić information content (AvgIpc) is 3.03. The number of carbonyl (C=O) groups excluding carboxylic acids is 2. The normalized spacial score (nSPS) is 12.6. The number of aliphatic hydroxyl groups excluding tert-OH is 1. The number of primary amides is 1. The molecule has 10 heteroatoms. The van der Waals surface area contributed by atoms with Crippen LogP contribution in [-0.4, -0.2) is 31.9 Å². The van der Waals surface area contributed by atoms with E-state index in [9.17, 15) is 23.1 Å². The smallest absolute Gasteiger partial charge is 0.271 e. The molecule has 0 spiro atoms. The summed E-state index contributed by atoms with van der Waals surface area (Å²) in [4.78, 5) is 24.1. The predicted octanol–water partition coefficient (Wildman–Crippen LogP) is 1.85. The number of rotatable bonds is 6. The van der Waals surface area contributed by atoms with E-state index in [0.717, 1.165) is 11.3 Å². The Balaban J connectivity index is 2.66. The zero-order valence-electron chi connectivity index (χ0n) is 13.0. The quantitative estimate of drug-likeness (QED) is 0.764. The maximum atomic E-state index is 13.0. The minimum atomic E-state index is -4.33. The highest BCUT2D eigenvalue weighted by molar-refractivity contribution is 7.93. The molecule has 1 atom stereocenters. The van der Waals surface area contributed by atoms with Gasteiger partial charge in [0.25, 0.3) is 15.9 Å². The lowest BCUT2D eigenvalue weighted by Gasteiger charge is -2.24. The number of halogens is 1.